The molecule has 3 aromatic heterocycles. The second-order valence-corrected chi connectivity index (χ2v) is 8.19. The number of sulfonamides is 1. The number of anilines is 1. The number of hydrogen-bond donors (Lipinski definition) is 2. The summed E-state index contributed by atoms with van der Waals surface area (Å²) in [4.78, 5) is 19.6. The maximum atomic E-state index is 11.5. The van der Waals surface area contributed by atoms with E-state index >= 15 is 0 Å². The standard InChI is InChI=1S/C18H16N6O4S/c1-29(27,28)22-14-3-2-13-8-20-24(15(13)7-14)17-10-19-9-16(21-17)23-5-4-12(11-23)6-18(25)26/h2-5,7-11,22H,6H2,1H3,(H,25,26). The average Bonchev–Trinajstić information content (AvgIpc) is 3.26. The second kappa shape index (κ2) is 7.02. The lowest BCUT2D eigenvalue weighted by molar-refractivity contribution is -0.136. The summed E-state index contributed by atoms with van der Waals surface area (Å²) in [5, 5.41) is 14.1. The van der Waals surface area contributed by atoms with Crippen LogP contribution in [0, 0.1) is 0 Å². The smallest absolute Gasteiger partial charge is 0.307 e. The first-order valence-electron chi connectivity index (χ1n) is 8.45. The van der Waals surface area contributed by atoms with E-state index in [1.807, 2.05) is 0 Å². The predicted molar refractivity (Wildman–Crippen MR) is 106 cm³/mol. The van der Waals surface area contributed by atoms with Crippen molar-refractivity contribution in [3.05, 3.63) is 60.8 Å². The molecule has 11 heteroatoms. The molecule has 10 nitrogen and oxygen atoms in total. The Balaban J connectivity index is 1.73. The van der Waals surface area contributed by atoms with Crippen LogP contribution in [0.3, 0.4) is 0 Å². The predicted octanol–water partition coefficient (Wildman–Crippen LogP) is 1.60. The third-order valence-corrected chi connectivity index (χ3v) is 4.68. The molecule has 0 fully saturated rings. The molecule has 2 N–H and O–H groups in total. The normalized spacial score (nSPS) is 11.6. The largest absolute Gasteiger partial charge is 0.481 e. The summed E-state index contributed by atoms with van der Waals surface area (Å²) < 4.78 is 28.7. The number of nitrogens with one attached hydrogen (secondary N) is 1. The molecule has 0 bridgehead atoms. The molecule has 4 aromatic rings. The van der Waals surface area contributed by atoms with E-state index in [-0.39, 0.29) is 6.42 Å². The molecule has 1 aromatic carbocycles. The maximum Gasteiger partial charge on any atom is 0.307 e. The van der Waals surface area contributed by atoms with Gasteiger partial charge in [-0.25, -0.2) is 18.1 Å². The SMILES string of the molecule is CS(=O)(=O)Nc1ccc2cnn(-c3cncc(-n4ccc(CC(=O)O)c4)n3)c2c1. The zero-order chi connectivity index (χ0) is 20.6. The highest BCUT2D eigenvalue weighted by Gasteiger charge is 2.11. The number of nitrogens with zero attached hydrogens (tertiary/aromatic N) is 5. The number of hydrogen-bond acceptors (Lipinski definition) is 6. The van der Waals surface area contributed by atoms with Crippen molar-refractivity contribution in [3.63, 3.8) is 0 Å². The molecule has 0 atom stereocenters. The van der Waals surface area contributed by atoms with Crippen molar-refractivity contribution >= 4 is 32.6 Å². The molecule has 0 aliphatic rings. The fraction of sp³-hybridized carbons (Fsp3) is 0.111. The number of carbonyl (C=O) groups is 1. The highest BCUT2D eigenvalue weighted by molar-refractivity contribution is 7.92. The van der Waals surface area contributed by atoms with Crippen molar-refractivity contribution in [1.29, 1.82) is 0 Å². The Morgan fingerprint density at radius 1 is 1.17 bits per heavy atom. The van der Waals surface area contributed by atoms with Crippen LogP contribution in [0.2, 0.25) is 0 Å². The van der Waals surface area contributed by atoms with Crippen LogP contribution in [-0.4, -0.2) is 50.1 Å². The van der Waals surface area contributed by atoms with E-state index in [4.69, 9.17) is 5.11 Å². The summed E-state index contributed by atoms with van der Waals surface area (Å²) in [6, 6.07) is 6.78. The van der Waals surface area contributed by atoms with E-state index in [2.05, 4.69) is 19.8 Å². The first-order valence-corrected chi connectivity index (χ1v) is 10.3. The van der Waals surface area contributed by atoms with E-state index in [1.165, 1.54) is 6.20 Å². The molecule has 0 spiro atoms. The van der Waals surface area contributed by atoms with E-state index in [0.717, 1.165) is 11.6 Å². The fourth-order valence-electron chi connectivity index (χ4n) is 2.91. The van der Waals surface area contributed by atoms with Crippen LogP contribution in [0.5, 0.6) is 0 Å². The topological polar surface area (TPSA) is 132 Å². The van der Waals surface area contributed by atoms with Crippen molar-refractivity contribution in [2.24, 2.45) is 0 Å². The quantitative estimate of drug-likeness (QED) is 0.492. The number of carboxylic acid groups (broad SMARTS) is 1. The Bertz CT molecular complexity index is 1330. The summed E-state index contributed by atoms with van der Waals surface area (Å²) in [6.07, 6.45) is 9.12. The number of benzene rings is 1. The van der Waals surface area contributed by atoms with Gasteiger partial charge in [-0.05, 0) is 29.8 Å². The van der Waals surface area contributed by atoms with Crippen LogP contribution in [0.15, 0.2) is 55.2 Å². The molecule has 3 heterocycles. The van der Waals surface area contributed by atoms with Gasteiger partial charge in [-0.3, -0.25) is 14.5 Å². The number of carboxylic acids is 1. The van der Waals surface area contributed by atoms with Crippen molar-refractivity contribution in [2.75, 3.05) is 11.0 Å². The van der Waals surface area contributed by atoms with Gasteiger partial charge in [0.25, 0.3) is 0 Å². The van der Waals surface area contributed by atoms with Gasteiger partial charge in [0, 0.05) is 17.8 Å². The van der Waals surface area contributed by atoms with Crippen LogP contribution in [0.1, 0.15) is 5.56 Å². The molecule has 0 aliphatic heterocycles. The van der Waals surface area contributed by atoms with Gasteiger partial charge >= 0.3 is 5.97 Å². The van der Waals surface area contributed by atoms with Crippen molar-refractivity contribution in [2.45, 2.75) is 6.42 Å². The van der Waals surface area contributed by atoms with E-state index < -0.39 is 16.0 Å². The van der Waals surface area contributed by atoms with Gasteiger partial charge in [0.05, 0.1) is 42.5 Å². The third-order valence-electron chi connectivity index (χ3n) is 4.07. The van der Waals surface area contributed by atoms with Gasteiger partial charge < -0.3 is 9.67 Å². The zero-order valence-electron chi connectivity index (χ0n) is 15.2. The highest BCUT2D eigenvalue weighted by Crippen LogP contribution is 2.22. The monoisotopic (exact) mass is 412 g/mol. The van der Waals surface area contributed by atoms with Crippen molar-refractivity contribution in [1.82, 2.24) is 24.3 Å². The van der Waals surface area contributed by atoms with Gasteiger partial charge in [-0.2, -0.15) is 5.10 Å². The Labute approximate surface area is 165 Å². The number of rotatable bonds is 6. The van der Waals surface area contributed by atoms with Crippen LogP contribution in [0.25, 0.3) is 22.5 Å². The summed E-state index contributed by atoms with van der Waals surface area (Å²) in [5.41, 5.74) is 1.71. The maximum absolute atomic E-state index is 11.5. The van der Waals surface area contributed by atoms with E-state index in [1.54, 1.807) is 58.3 Å². The molecule has 0 radical (unpaired) electrons. The van der Waals surface area contributed by atoms with Gasteiger partial charge in [-0.15, -0.1) is 0 Å². The van der Waals surface area contributed by atoms with Crippen LogP contribution < -0.4 is 4.72 Å². The molecule has 0 unspecified atom stereocenters. The first kappa shape index (κ1) is 18.6. The lowest BCUT2D eigenvalue weighted by atomic mass is 10.2. The van der Waals surface area contributed by atoms with E-state index in [0.29, 0.717) is 28.4 Å². The number of fused-ring (bicyclic) bond motifs is 1. The van der Waals surface area contributed by atoms with E-state index in [9.17, 15) is 13.2 Å². The molecule has 29 heavy (non-hydrogen) atoms. The summed E-state index contributed by atoms with van der Waals surface area (Å²) >= 11 is 0. The molecule has 0 saturated carbocycles. The molecular formula is C18H16N6O4S. The van der Waals surface area contributed by atoms with Gasteiger partial charge in [-0.1, -0.05) is 0 Å². The first-order chi connectivity index (χ1) is 13.8. The van der Waals surface area contributed by atoms with Gasteiger partial charge in [0.15, 0.2) is 11.6 Å². The van der Waals surface area contributed by atoms with Crippen molar-refractivity contribution < 1.29 is 18.3 Å². The summed E-state index contributed by atoms with van der Waals surface area (Å²) in [7, 11) is -3.41. The van der Waals surface area contributed by atoms with Crippen LogP contribution >= 0.6 is 0 Å². The second-order valence-electron chi connectivity index (χ2n) is 6.44. The molecule has 4 rings (SSSR count). The van der Waals surface area contributed by atoms with Gasteiger partial charge in [0.1, 0.15) is 0 Å². The Morgan fingerprint density at radius 3 is 2.72 bits per heavy atom. The average molecular weight is 412 g/mol. The molecule has 0 amide bonds. The summed E-state index contributed by atoms with van der Waals surface area (Å²) in [6.45, 7) is 0. The lowest BCUT2D eigenvalue weighted by Gasteiger charge is -2.07. The zero-order valence-corrected chi connectivity index (χ0v) is 16.0. The Kier molecular flexibility index (Phi) is 4.51. The molecule has 0 saturated heterocycles. The Hall–Kier alpha value is -3.73. The number of aromatic nitrogens is 5. The minimum atomic E-state index is -3.41. The van der Waals surface area contributed by atoms with Gasteiger partial charge in [0.2, 0.25) is 10.0 Å². The third kappa shape index (κ3) is 4.09. The van der Waals surface area contributed by atoms with Crippen molar-refractivity contribution in [3.8, 4) is 11.6 Å². The Morgan fingerprint density at radius 2 is 1.97 bits per heavy atom. The molecular weight excluding hydrogens is 396 g/mol. The molecule has 0 aliphatic carbocycles. The minimum absolute atomic E-state index is 0.0833. The highest BCUT2D eigenvalue weighted by atomic mass is 32.2. The lowest BCUT2D eigenvalue weighted by Crippen LogP contribution is -2.09. The number of aliphatic carboxylic acids is 1. The summed E-state index contributed by atoms with van der Waals surface area (Å²) in [5.74, 6) is 0.0137. The minimum Gasteiger partial charge on any atom is -0.481 e. The molecule has 148 valence electrons. The fourth-order valence-corrected chi connectivity index (χ4v) is 3.47. The van der Waals surface area contributed by atoms with Crippen LogP contribution in [0.4, 0.5) is 5.69 Å². The van der Waals surface area contributed by atoms with Crippen LogP contribution in [-0.2, 0) is 21.2 Å².